The van der Waals surface area contributed by atoms with Crippen molar-refractivity contribution in [3.8, 4) is 5.82 Å². The molecule has 0 atom stereocenters. The predicted octanol–water partition coefficient (Wildman–Crippen LogP) is 1.87. The topological polar surface area (TPSA) is 49.2 Å². The first kappa shape index (κ1) is 13.1. The van der Waals surface area contributed by atoms with E-state index < -0.39 is 6.29 Å². The Kier molecular flexibility index (Phi) is 3.38. The van der Waals surface area contributed by atoms with Gasteiger partial charge in [-0.1, -0.05) is 11.6 Å². The normalized spacial score (nSPS) is 22.3. The quantitative estimate of drug-likeness (QED) is 0.783. The molecule has 0 bridgehead atoms. The van der Waals surface area contributed by atoms with E-state index in [9.17, 15) is 0 Å². The molecule has 0 N–H and O–H groups in total. The molecule has 1 saturated heterocycles. The van der Waals surface area contributed by atoms with E-state index in [0.29, 0.717) is 22.1 Å². The van der Waals surface area contributed by atoms with E-state index in [1.807, 2.05) is 6.92 Å². The lowest BCUT2D eigenvalue weighted by molar-refractivity contribution is -0.384. The summed E-state index contributed by atoms with van der Waals surface area (Å²) in [5, 5.41) is 4.62. The minimum absolute atomic E-state index is 0.233. The molecule has 2 aromatic rings. The van der Waals surface area contributed by atoms with E-state index in [0.717, 1.165) is 4.47 Å². The third kappa shape index (κ3) is 2.43. The lowest BCUT2D eigenvalue weighted by Crippen LogP contribution is -2.33. The molecule has 0 saturated carbocycles. The van der Waals surface area contributed by atoms with Crippen LogP contribution >= 0.6 is 27.5 Å². The van der Waals surface area contributed by atoms with Crippen LogP contribution in [0.4, 0.5) is 0 Å². The van der Waals surface area contributed by atoms with Gasteiger partial charge in [0.25, 0.3) is 0 Å². The zero-order valence-corrected chi connectivity index (χ0v) is 12.2. The average molecular weight is 340 g/mol. The van der Waals surface area contributed by atoms with Crippen molar-refractivity contribution in [3.05, 3.63) is 33.5 Å². The summed E-state index contributed by atoms with van der Waals surface area (Å²) in [5.41, 5.74) is 1.01. The smallest absolute Gasteiger partial charge is 0.206 e. The third-order valence-corrected chi connectivity index (χ3v) is 3.33. The van der Waals surface area contributed by atoms with Crippen LogP contribution in [-0.4, -0.2) is 28.9 Å². The van der Waals surface area contributed by atoms with Crippen LogP contribution in [0.15, 0.2) is 22.8 Å². The van der Waals surface area contributed by atoms with E-state index in [-0.39, 0.29) is 6.29 Å². The van der Waals surface area contributed by atoms with Crippen LogP contribution in [0.2, 0.25) is 5.02 Å². The fourth-order valence-corrected chi connectivity index (χ4v) is 2.52. The Morgan fingerprint density at radius 3 is 2.79 bits per heavy atom. The van der Waals surface area contributed by atoms with Crippen LogP contribution in [0.5, 0.6) is 0 Å². The van der Waals surface area contributed by atoms with Gasteiger partial charge in [0.1, 0.15) is 13.5 Å². The summed E-state index contributed by atoms with van der Waals surface area (Å²) in [6.07, 6.45) is 0.901. The molecule has 2 aromatic heterocycles. The molecule has 3 rings (SSSR count). The molecule has 1 fully saturated rings. The first-order valence-electron chi connectivity index (χ1n) is 5.52. The number of ether oxygens (including phenoxy) is 2. The highest BCUT2D eigenvalue weighted by molar-refractivity contribution is 9.10. The van der Waals surface area contributed by atoms with Crippen LogP contribution in [0, 0.1) is 0 Å². The lowest BCUT2D eigenvalue weighted by atomic mass is 10.1. The fourth-order valence-electron chi connectivity index (χ4n) is 1.81. The number of hydrogen-bond donors (Lipinski definition) is 0. The molecule has 0 unspecified atom stereocenters. The highest BCUT2D eigenvalue weighted by atomic mass is 79.9. The average Bonchev–Trinajstić information content (AvgIpc) is 2.66. The van der Waals surface area contributed by atoms with Crippen molar-refractivity contribution >= 4 is 41.0 Å². The number of hydrogen-bond acceptors (Lipinski definition) is 4. The Morgan fingerprint density at radius 2 is 2.16 bits per heavy atom. The maximum absolute atomic E-state index is 6.16. The molecule has 3 heterocycles. The van der Waals surface area contributed by atoms with Crippen molar-refractivity contribution in [1.29, 1.82) is 0 Å². The Hall–Kier alpha value is -0.885. The number of rotatable bonds is 2. The van der Waals surface area contributed by atoms with Gasteiger partial charge in [-0.3, -0.25) is 0 Å². The number of pyridine rings is 1. The first-order valence-corrected chi connectivity index (χ1v) is 6.69. The monoisotopic (exact) mass is 339 g/mol. The summed E-state index contributed by atoms with van der Waals surface area (Å²) in [6.45, 7) is 1.81. The van der Waals surface area contributed by atoms with Gasteiger partial charge in [0.05, 0.1) is 5.02 Å². The van der Waals surface area contributed by atoms with Gasteiger partial charge in [0.15, 0.2) is 12.1 Å². The van der Waals surface area contributed by atoms with Gasteiger partial charge < -0.3 is 9.47 Å². The second-order valence-corrected chi connectivity index (χ2v) is 5.36. The molecule has 8 heteroatoms. The summed E-state index contributed by atoms with van der Waals surface area (Å²) >= 11 is 9.47. The molecule has 1 aliphatic rings. The molecule has 96 valence electrons. The molecule has 2 radical (unpaired) electrons. The van der Waals surface area contributed by atoms with Gasteiger partial charge in [-0.15, -0.1) is 0 Å². The Labute approximate surface area is 124 Å². The molecular formula is C11H8BBrClN3O2. The van der Waals surface area contributed by atoms with Crippen LogP contribution in [0.25, 0.3) is 5.82 Å². The molecule has 0 aromatic carbocycles. The summed E-state index contributed by atoms with van der Waals surface area (Å²) in [6, 6.07) is 3.41. The summed E-state index contributed by atoms with van der Waals surface area (Å²) < 4.78 is 13.2. The van der Waals surface area contributed by atoms with Crippen LogP contribution < -0.4 is 5.59 Å². The van der Waals surface area contributed by atoms with E-state index in [4.69, 9.17) is 28.9 Å². The van der Waals surface area contributed by atoms with E-state index >= 15 is 0 Å². The highest BCUT2D eigenvalue weighted by Crippen LogP contribution is 2.33. The van der Waals surface area contributed by atoms with Gasteiger partial charge in [0, 0.05) is 16.3 Å². The summed E-state index contributed by atoms with van der Waals surface area (Å²) in [5.74, 6) is 0.475. The predicted molar refractivity (Wildman–Crippen MR) is 73.8 cm³/mol. The van der Waals surface area contributed by atoms with Crippen LogP contribution in [0.3, 0.4) is 0 Å². The Balaban J connectivity index is 2.04. The largest absolute Gasteiger partial charge is 0.318 e. The van der Waals surface area contributed by atoms with Crippen LogP contribution in [0.1, 0.15) is 18.9 Å². The van der Waals surface area contributed by atoms with Gasteiger partial charge in [0.2, 0.25) is 6.29 Å². The molecule has 19 heavy (non-hydrogen) atoms. The van der Waals surface area contributed by atoms with Gasteiger partial charge in [-0.2, -0.15) is 5.10 Å². The third-order valence-electron chi connectivity index (χ3n) is 2.62. The van der Waals surface area contributed by atoms with E-state index in [1.165, 1.54) is 4.68 Å². The minimum atomic E-state index is -0.499. The maximum atomic E-state index is 6.16. The van der Waals surface area contributed by atoms with Crippen molar-refractivity contribution in [2.24, 2.45) is 0 Å². The lowest BCUT2D eigenvalue weighted by Gasteiger charge is -2.33. The number of nitrogens with zero attached hydrogens (tertiary/aromatic N) is 3. The summed E-state index contributed by atoms with van der Waals surface area (Å²) in [7, 11) is 5.72. The van der Waals surface area contributed by atoms with Crippen molar-refractivity contribution < 1.29 is 9.47 Å². The second kappa shape index (κ2) is 4.90. The van der Waals surface area contributed by atoms with Gasteiger partial charge in [-0.05, 0) is 35.0 Å². The molecule has 0 aliphatic carbocycles. The molecule has 5 nitrogen and oxygen atoms in total. The van der Waals surface area contributed by atoms with E-state index in [1.54, 1.807) is 18.3 Å². The van der Waals surface area contributed by atoms with Gasteiger partial charge >= 0.3 is 0 Å². The maximum Gasteiger partial charge on any atom is 0.206 e. The minimum Gasteiger partial charge on any atom is -0.318 e. The van der Waals surface area contributed by atoms with Crippen molar-refractivity contribution in [2.45, 2.75) is 19.5 Å². The Bertz CT molecular complexity index is 630. The van der Waals surface area contributed by atoms with Crippen molar-refractivity contribution in [3.63, 3.8) is 0 Å². The standard InChI is InChI=1S/C11H8BBrClN3O2/c1-5-18-11(19-5)8-3-9(12)16-17(8)10-7(14)2-6(13)4-15-10/h2-5,11H,1H3. The zero-order valence-electron chi connectivity index (χ0n) is 9.88. The van der Waals surface area contributed by atoms with Gasteiger partial charge in [-0.25, -0.2) is 9.67 Å². The molecule has 1 aliphatic heterocycles. The van der Waals surface area contributed by atoms with Crippen LogP contribution in [-0.2, 0) is 9.47 Å². The zero-order chi connectivity index (χ0) is 13.6. The number of halogens is 2. The molecular weight excluding hydrogens is 332 g/mol. The fraction of sp³-hybridized carbons (Fsp3) is 0.273. The van der Waals surface area contributed by atoms with Crippen molar-refractivity contribution in [1.82, 2.24) is 14.8 Å². The Morgan fingerprint density at radius 1 is 1.42 bits per heavy atom. The second-order valence-electron chi connectivity index (χ2n) is 4.04. The molecule has 0 amide bonds. The first-order chi connectivity index (χ1) is 9.04. The molecule has 0 spiro atoms. The van der Waals surface area contributed by atoms with Crippen molar-refractivity contribution in [2.75, 3.05) is 0 Å². The number of aromatic nitrogens is 3. The highest BCUT2D eigenvalue weighted by Gasteiger charge is 2.32. The summed E-state index contributed by atoms with van der Waals surface area (Å²) in [4.78, 5) is 4.24. The van der Waals surface area contributed by atoms with E-state index in [2.05, 4.69) is 26.0 Å². The SMILES string of the molecule is [B]c1cc(C2OC(C)O2)n(-c2ncc(Br)cc2Cl)n1.